The Labute approximate surface area is 160 Å². The van der Waals surface area contributed by atoms with E-state index in [0.717, 1.165) is 42.6 Å². The van der Waals surface area contributed by atoms with Gasteiger partial charge >= 0.3 is 0 Å². The molecule has 1 saturated carbocycles. The van der Waals surface area contributed by atoms with E-state index in [2.05, 4.69) is 5.32 Å². The van der Waals surface area contributed by atoms with Crippen LogP contribution in [0.25, 0.3) is 0 Å². The van der Waals surface area contributed by atoms with Crippen molar-refractivity contribution >= 4 is 17.7 Å². The zero-order chi connectivity index (χ0) is 19.4. The Morgan fingerprint density at radius 1 is 1.19 bits per heavy atom. The Morgan fingerprint density at radius 2 is 1.85 bits per heavy atom. The molecule has 0 radical (unpaired) electrons. The Bertz CT molecular complexity index is 707. The minimum atomic E-state index is -0.150. The van der Waals surface area contributed by atoms with E-state index in [4.69, 9.17) is 4.74 Å². The summed E-state index contributed by atoms with van der Waals surface area (Å²) in [5.74, 6) is 0.206. The molecule has 2 aliphatic rings. The maximum atomic E-state index is 12.4. The fourth-order valence-corrected chi connectivity index (χ4v) is 4.19. The van der Waals surface area contributed by atoms with Crippen molar-refractivity contribution in [3.05, 3.63) is 29.3 Å². The van der Waals surface area contributed by atoms with Gasteiger partial charge in [-0.3, -0.25) is 19.3 Å². The largest absolute Gasteiger partial charge is 0.496 e. The van der Waals surface area contributed by atoms with E-state index in [1.807, 2.05) is 25.1 Å². The Morgan fingerprint density at radius 3 is 2.48 bits per heavy atom. The van der Waals surface area contributed by atoms with Crippen LogP contribution in [0.4, 0.5) is 0 Å². The molecule has 0 unspecified atom stereocenters. The summed E-state index contributed by atoms with van der Waals surface area (Å²) in [4.78, 5) is 38.3. The average molecular weight is 372 g/mol. The summed E-state index contributed by atoms with van der Waals surface area (Å²) < 4.78 is 5.35. The van der Waals surface area contributed by atoms with Crippen LogP contribution in [0.3, 0.4) is 0 Å². The lowest BCUT2D eigenvalue weighted by molar-refractivity contribution is -0.140. The molecule has 3 rings (SSSR count). The Hall–Kier alpha value is -2.37. The molecule has 6 nitrogen and oxygen atoms in total. The lowest BCUT2D eigenvalue weighted by atomic mass is 9.81. The number of methoxy groups -OCH3 is 1. The van der Waals surface area contributed by atoms with Gasteiger partial charge in [0.25, 0.3) is 0 Å². The van der Waals surface area contributed by atoms with Gasteiger partial charge in [-0.15, -0.1) is 0 Å². The van der Waals surface area contributed by atoms with Crippen molar-refractivity contribution in [2.24, 2.45) is 11.8 Å². The van der Waals surface area contributed by atoms with Gasteiger partial charge in [-0.2, -0.15) is 0 Å². The number of nitrogens with zero attached hydrogens (tertiary/aromatic N) is 1. The third-order valence-electron chi connectivity index (χ3n) is 5.65. The standard InChI is InChI=1S/C21H28N2O4/c1-14-7-8-18(27-2)15(13-14)9-11-22-19(24)10-12-23-20(25)16-5-3-4-6-17(16)21(23)26/h7-8,13,16-17H,3-6,9-12H2,1-2H3,(H,22,24)/t16-,17-/m1/s1. The van der Waals surface area contributed by atoms with Gasteiger partial charge in [0.1, 0.15) is 5.75 Å². The monoisotopic (exact) mass is 372 g/mol. The zero-order valence-corrected chi connectivity index (χ0v) is 16.1. The van der Waals surface area contributed by atoms with Crippen molar-refractivity contribution in [1.29, 1.82) is 0 Å². The molecule has 27 heavy (non-hydrogen) atoms. The molecule has 1 N–H and O–H groups in total. The number of aryl methyl sites for hydroxylation is 1. The number of rotatable bonds is 7. The van der Waals surface area contributed by atoms with Crippen LogP contribution < -0.4 is 10.1 Å². The van der Waals surface area contributed by atoms with Gasteiger partial charge in [-0.1, -0.05) is 30.5 Å². The van der Waals surface area contributed by atoms with Crippen LogP contribution in [0.2, 0.25) is 0 Å². The number of ether oxygens (including phenoxy) is 1. The van der Waals surface area contributed by atoms with Crippen LogP contribution in [0.15, 0.2) is 18.2 Å². The molecule has 6 heteroatoms. The second kappa shape index (κ2) is 8.55. The molecular weight excluding hydrogens is 344 g/mol. The number of benzene rings is 1. The van der Waals surface area contributed by atoms with Gasteiger partial charge in [0.05, 0.1) is 18.9 Å². The first-order valence-electron chi connectivity index (χ1n) is 9.76. The van der Waals surface area contributed by atoms with Crippen molar-refractivity contribution in [3.63, 3.8) is 0 Å². The van der Waals surface area contributed by atoms with E-state index in [0.29, 0.717) is 13.0 Å². The first-order chi connectivity index (χ1) is 13.0. The average Bonchev–Trinajstić information content (AvgIpc) is 2.91. The number of amides is 3. The van der Waals surface area contributed by atoms with Gasteiger partial charge in [0.2, 0.25) is 17.7 Å². The SMILES string of the molecule is COc1ccc(C)cc1CCNC(=O)CCN1C(=O)[C@@H]2CCCC[C@H]2C1=O. The summed E-state index contributed by atoms with van der Waals surface area (Å²) >= 11 is 0. The molecule has 2 atom stereocenters. The van der Waals surface area contributed by atoms with Crippen LogP contribution >= 0.6 is 0 Å². The molecule has 1 aliphatic heterocycles. The summed E-state index contributed by atoms with van der Waals surface area (Å²) in [6.45, 7) is 2.69. The van der Waals surface area contributed by atoms with Crippen LogP contribution in [-0.2, 0) is 20.8 Å². The number of carbonyl (C=O) groups is 3. The van der Waals surface area contributed by atoms with E-state index < -0.39 is 0 Å². The normalized spacial score (nSPS) is 21.9. The Balaban J connectivity index is 1.46. The molecule has 146 valence electrons. The number of hydrogen-bond acceptors (Lipinski definition) is 4. The van der Waals surface area contributed by atoms with Gasteiger partial charge < -0.3 is 10.1 Å². The van der Waals surface area contributed by atoms with E-state index in [9.17, 15) is 14.4 Å². The third-order valence-corrected chi connectivity index (χ3v) is 5.65. The quantitative estimate of drug-likeness (QED) is 0.745. The number of hydrogen-bond donors (Lipinski definition) is 1. The third kappa shape index (κ3) is 4.31. The summed E-state index contributed by atoms with van der Waals surface area (Å²) in [5, 5.41) is 2.87. The first kappa shape index (κ1) is 19.4. The van der Waals surface area contributed by atoms with Crippen molar-refractivity contribution in [3.8, 4) is 5.75 Å². The topological polar surface area (TPSA) is 75.7 Å². The second-order valence-electron chi connectivity index (χ2n) is 7.49. The lowest BCUT2D eigenvalue weighted by Gasteiger charge is -2.19. The van der Waals surface area contributed by atoms with Gasteiger partial charge in [0.15, 0.2) is 0 Å². The maximum absolute atomic E-state index is 12.4. The maximum Gasteiger partial charge on any atom is 0.233 e. The molecular formula is C21H28N2O4. The molecule has 1 saturated heterocycles. The number of nitrogens with one attached hydrogen (secondary N) is 1. The van der Waals surface area contributed by atoms with Crippen molar-refractivity contribution in [2.75, 3.05) is 20.2 Å². The summed E-state index contributed by atoms with van der Waals surface area (Å²) in [6.07, 6.45) is 4.45. The van der Waals surface area contributed by atoms with Crippen LogP contribution in [0.5, 0.6) is 5.75 Å². The minimum absolute atomic E-state index is 0.0815. The van der Waals surface area contributed by atoms with Gasteiger partial charge in [0, 0.05) is 19.5 Å². The summed E-state index contributed by atoms with van der Waals surface area (Å²) in [7, 11) is 1.63. The van der Waals surface area contributed by atoms with E-state index in [1.165, 1.54) is 4.90 Å². The fraction of sp³-hybridized carbons (Fsp3) is 0.571. The highest BCUT2D eigenvalue weighted by atomic mass is 16.5. The highest BCUT2D eigenvalue weighted by Gasteiger charge is 2.47. The molecule has 0 spiro atoms. The number of likely N-dealkylation sites (tertiary alicyclic amines) is 1. The molecule has 1 heterocycles. The number of imide groups is 1. The van der Waals surface area contributed by atoms with Crippen molar-refractivity contribution in [2.45, 2.75) is 45.4 Å². The summed E-state index contributed by atoms with van der Waals surface area (Å²) in [5.41, 5.74) is 2.19. The summed E-state index contributed by atoms with van der Waals surface area (Å²) in [6, 6.07) is 5.97. The van der Waals surface area contributed by atoms with E-state index in [1.54, 1.807) is 7.11 Å². The molecule has 1 aliphatic carbocycles. The van der Waals surface area contributed by atoms with Crippen molar-refractivity contribution < 1.29 is 19.1 Å². The van der Waals surface area contributed by atoms with Gasteiger partial charge in [-0.25, -0.2) is 0 Å². The van der Waals surface area contributed by atoms with Gasteiger partial charge in [-0.05, 0) is 37.8 Å². The predicted molar refractivity (Wildman–Crippen MR) is 101 cm³/mol. The predicted octanol–water partition coefficient (Wildman–Crippen LogP) is 2.23. The first-order valence-corrected chi connectivity index (χ1v) is 9.76. The minimum Gasteiger partial charge on any atom is -0.496 e. The van der Waals surface area contributed by atoms with Crippen LogP contribution in [-0.4, -0.2) is 42.8 Å². The highest BCUT2D eigenvalue weighted by Crippen LogP contribution is 2.37. The van der Waals surface area contributed by atoms with Crippen molar-refractivity contribution in [1.82, 2.24) is 10.2 Å². The van der Waals surface area contributed by atoms with Crippen LogP contribution in [0.1, 0.15) is 43.2 Å². The van der Waals surface area contributed by atoms with Crippen LogP contribution in [0, 0.1) is 18.8 Å². The smallest absolute Gasteiger partial charge is 0.233 e. The zero-order valence-electron chi connectivity index (χ0n) is 16.1. The molecule has 1 aromatic carbocycles. The van der Waals surface area contributed by atoms with E-state index in [-0.39, 0.29) is 42.5 Å². The fourth-order valence-electron chi connectivity index (χ4n) is 4.19. The lowest BCUT2D eigenvalue weighted by Crippen LogP contribution is -2.35. The number of carbonyl (C=O) groups excluding carboxylic acids is 3. The second-order valence-corrected chi connectivity index (χ2v) is 7.49. The molecule has 0 aromatic heterocycles. The molecule has 2 fully saturated rings. The molecule has 0 bridgehead atoms. The van der Waals surface area contributed by atoms with E-state index >= 15 is 0 Å². The number of fused-ring (bicyclic) bond motifs is 1. The Kier molecular flexibility index (Phi) is 6.14. The molecule has 1 aromatic rings. The molecule has 3 amide bonds. The highest BCUT2D eigenvalue weighted by molar-refractivity contribution is 6.05.